The first-order chi connectivity index (χ1) is 6.74. The molecule has 0 saturated heterocycles. The van der Waals surface area contributed by atoms with Crippen molar-refractivity contribution in [2.24, 2.45) is 0 Å². The third kappa shape index (κ3) is 3.30. The quantitative estimate of drug-likeness (QED) is 0.715. The van der Waals surface area contributed by atoms with Gasteiger partial charge in [0.15, 0.2) is 11.6 Å². The molecule has 78 valence electrons. The second kappa shape index (κ2) is 5.54. The Morgan fingerprint density at radius 1 is 1.14 bits per heavy atom. The molecule has 0 bridgehead atoms. The predicted molar refractivity (Wildman–Crippen MR) is 51.2 cm³/mol. The molecule has 0 fully saturated rings. The van der Waals surface area contributed by atoms with Gasteiger partial charge in [-0.2, -0.15) is 0 Å². The van der Waals surface area contributed by atoms with Crippen LogP contribution in [0.15, 0.2) is 18.2 Å². The number of hydrogen-bond acceptors (Lipinski definition) is 2. The highest BCUT2D eigenvalue weighted by molar-refractivity contribution is 5.43. The number of rotatable bonds is 5. The molecule has 1 aromatic carbocycles. The lowest BCUT2D eigenvalue weighted by Crippen LogP contribution is -2.02. The smallest absolute Gasteiger partial charge is 0.160 e. The number of nitrogens with one attached hydrogen (secondary N) is 1. The van der Waals surface area contributed by atoms with Crippen LogP contribution in [-0.2, 0) is 0 Å². The Bertz CT molecular complexity index is 291. The minimum absolute atomic E-state index is 0.152. The third-order valence-electron chi connectivity index (χ3n) is 1.83. The van der Waals surface area contributed by atoms with E-state index < -0.39 is 11.6 Å². The molecule has 0 aromatic heterocycles. The van der Waals surface area contributed by atoms with E-state index >= 15 is 0 Å². The summed E-state index contributed by atoms with van der Waals surface area (Å²) in [4.78, 5) is 0. The lowest BCUT2D eigenvalue weighted by atomic mass is 10.2. The van der Waals surface area contributed by atoms with E-state index in [1.807, 2.05) is 0 Å². The molecule has 1 aromatic rings. The summed E-state index contributed by atoms with van der Waals surface area (Å²) in [5.41, 5.74) is 0.557. The van der Waals surface area contributed by atoms with Gasteiger partial charge in [0, 0.05) is 18.8 Å². The molecule has 0 aliphatic rings. The third-order valence-corrected chi connectivity index (χ3v) is 1.83. The number of anilines is 1. The van der Waals surface area contributed by atoms with Gasteiger partial charge in [-0.25, -0.2) is 8.78 Å². The van der Waals surface area contributed by atoms with E-state index in [2.05, 4.69) is 5.32 Å². The van der Waals surface area contributed by atoms with E-state index in [1.165, 1.54) is 6.07 Å². The average Bonchev–Trinajstić information content (AvgIpc) is 2.18. The summed E-state index contributed by atoms with van der Waals surface area (Å²) in [6.07, 6.45) is 1.51. The van der Waals surface area contributed by atoms with Crippen molar-refractivity contribution in [1.29, 1.82) is 0 Å². The summed E-state index contributed by atoms with van der Waals surface area (Å²) in [6, 6.07) is 3.69. The zero-order chi connectivity index (χ0) is 10.4. The monoisotopic (exact) mass is 201 g/mol. The summed E-state index contributed by atoms with van der Waals surface area (Å²) >= 11 is 0. The summed E-state index contributed by atoms with van der Waals surface area (Å²) in [5.74, 6) is -1.69. The molecule has 2 N–H and O–H groups in total. The molecular formula is C10H13F2NO. The first kappa shape index (κ1) is 10.9. The first-order valence-corrected chi connectivity index (χ1v) is 4.54. The van der Waals surface area contributed by atoms with Crippen LogP contribution in [0, 0.1) is 11.6 Å². The average molecular weight is 201 g/mol. The number of unbranched alkanes of at least 4 members (excludes halogenated alkanes) is 1. The van der Waals surface area contributed by atoms with E-state index in [0.717, 1.165) is 18.6 Å². The topological polar surface area (TPSA) is 32.3 Å². The van der Waals surface area contributed by atoms with Gasteiger partial charge in [0.2, 0.25) is 0 Å². The molecule has 0 aliphatic carbocycles. The summed E-state index contributed by atoms with van der Waals surface area (Å²) in [7, 11) is 0. The molecule has 2 nitrogen and oxygen atoms in total. The lowest BCUT2D eigenvalue weighted by molar-refractivity contribution is 0.286. The molecule has 4 heteroatoms. The minimum atomic E-state index is -0.850. The van der Waals surface area contributed by atoms with Crippen molar-refractivity contribution in [3.8, 4) is 0 Å². The van der Waals surface area contributed by atoms with Crippen molar-refractivity contribution in [3.63, 3.8) is 0 Å². The van der Waals surface area contributed by atoms with Gasteiger partial charge in [0.25, 0.3) is 0 Å². The van der Waals surface area contributed by atoms with Crippen LogP contribution in [0.4, 0.5) is 14.5 Å². The zero-order valence-corrected chi connectivity index (χ0v) is 7.76. The molecule has 0 saturated carbocycles. The van der Waals surface area contributed by atoms with Gasteiger partial charge in [-0.15, -0.1) is 0 Å². The van der Waals surface area contributed by atoms with Gasteiger partial charge >= 0.3 is 0 Å². The van der Waals surface area contributed by atoms with Gasteiger partial charge in [-0.05, 0) is 31.0 Å². The highest BCUT2D eigenvalue weighted by Gasteiger charge is 2.01. The maximum atomic E-state index is 12.7. The van der Waals surface area contributed by atoms with Crippen molar-refractivity contribution >= 4 is 5.69 Å². The number of aliphatic hydroxyl groups is 1. The number of hydrogen-bond donors (Lipinski definition) is 2. The van der Waals surface area contributed by atoms with Crippen LogP contribution < -0.4 is 5.32 Å². The van der Waals surface area contributed by atoms with Crippen LogP contribution in [0.3, 0.4) is 0 Å². The van der Waals surface area contributed by atoms with Crippen LogP contribution in [-0.4, -0.2) is 18.3 Å². The van der Waals surface area contributed by atoms with Crippen molar-refractivity contribution < 1.29 is 13.9 Å². The molecule has 0 atom stereocenters. The Kier molecular flexibility index (Phi) is 4.32. The van der Waals surface area contributed by atoms with E-state index in [9.17, 15) is 8.78 Å². The Morgan fingerprint density at radius 2 is 1.93 bits per heavy atom. The predicted octanol–water partition coefficient (Wildman–Crippen LogP) is 2.15. The highest BCUT2D eigenvalue weighted by Crippen LogP contribution is 2.12. The Morgan fingerprint density at radius 3 is 2.57 bits per heavy atom. The fourth-order valence-corrected chi connectivity index (χ4v) is 1.08. The standard InChI is InChI=1S/C10H13F2NO/c11-9-4-3-8(7-10(9)12)13-5-1-2-6-14/h3-4,7,13-14H,1-2,5-6H2. The second-order valence-electron chi connectivity index (χ2n) is 2.99. The molecule has 0 amide bonds. The molecule has 0 unspecified atom stereocenters. The largest absolute Gasteiger partial charge is 0.396 e. The second-order valence-corrected chi connectivity index (χ2v) is 2.99. The van der Waals surface area contributed by atoms with E-state index in [-0.39, 0.29) is 6.61 Å². The number of aliphatic hydroxyl groups excluding tert-OH is 1. The van der Waals surface area contributed by atoms with Gasteiger partial charge in [0.1, 0.15) is 0 Å². The number of halogens is 2. The molecule has 0 spiro atoms. The van der Waals surface area contributed by atoms with Gasteiger partial charge in [0.05, 0.1) is 0 Å². The summed E-state index contributed by atoms with van der Waals surface area (Å²) in [5, 5.41) is 11.4. The molecule has 1 rings (SSSR count). The van der Waals surface area contributed by atoms with Crippen LogP contribution in [0.1, 0.15) is 12.8 Å². The van der Waals surface area contributed by atoms with Crippen LogP contribution in [0.2, 0.25) is 0 Å². The van der Waals surface area contributed by atoms with Gasteiger partial charge in [-0.3, -0.25) is 0 Å². The Balaban J connectivity index is 2.39. The highest BCUT2D eigenvalue weighted by atomic mass is 19.2. The van der Waals surface area contributed by atoms with Gasteiger partial charge < -0.3 is 10.4 Å². The normalized spacial score (nSPS) is 10.2. The molecule has 0 heterocycles. The van der Waals surface area contributed by atoms with Crippen molar-refractivity contribution in [2.45, 2.75) is 12.8 Å². The minimum Gasteiger partial charge on any atom is -0.396 e. The SMILES string of the molecule is OCCCCNc1ccc(F)c(F)c1. The van der Waals surface area contributed by atoms with Crippen LogP contribution >= 0.6 is 0 Å². The van der Waals surface area contributed by atoms with Crippen molar-refractivity contribution in [3.05, 3.63) is 29.8 Å². The van der Waals surface area contributed by atoms with Crippen LogP contribution in [0.5, 0.6) is 0 Å². The lowest BCUT2D eigenvalue weighted by Gasteiger charge is -2.05. The van der Waals surface area contributed by atoms with E-state index in [0.29, 0.717) is 18.7 Å². The molecule has 0 radical (unpaired) electrons. The van der Waals surface area contributed by atoms with Crippen molar-refractivity contribution in [1.82, 2.24) is 0 Å². The fourth-order valence-electron chi connectivity index (χ4n) is 1.08. The summed E-state index contributed by atoms with van der Waals surface area (Å²) in [6.45, 7) is 0.797. The van der Waals surface area contributed by atoms with Crippen LogP contribution in [0.25, 0.3) is 0 Å². The van der Waals surface area contributed by atoms with E-state index in [1.54, 1.807) is 0 Å². The maximum absolute atomic E-state index is 12.7. The van der Waals surface area contributed by atoms with Crippen molar-refractivity contribution in [2.75, 3.05) is 18.5 Å². The maximum Gasteiger partial charge on any atom is 0.160 e. The fraction of sp³-hybridized carbons (Fsp3) is 0.400. The Hall–Kier alpha value is -1.16. The first-order valence-electron chi connectivity index (χ1n) is 4.54. The zero-order valence-electron chi connectivity index (χ0n) is 7.76. The van der Waals surface area contributed by atoms with Gasteiger partial charge in [-0.1, -0.05) is 0 Å². The molecular weight excluding hydrogens is 188 g/mol. The number of benzene rings is 1. The molecule has 14 heavy (non-hydrogen) atoms. The van der Waals surface area contributed by atoms with E-state index in [4.69, 9.17) is 5.11 Å². The summed E-state index contributed by atoms with van der Waals surface area (Å²) < 4.78 is 25.2. The Labute approximate surface area is 81.6 Å². The molecule has 0 aliphatic heterocycles.